The zero-order valence-corrected chi connectivity index (χ0v) is 12.5. The number of amides is 1. The standard InChI is InChI=1S/C14H13ClFN3O2/c1-7-12(8(2)19(3)18-7)13(20)14(21)17-11-5-4-9(15)6-10(11)16/h4-6H,1-3H3,(H,17,21). The maximum absolute atomic E-state index is 13.6. The van der Waals surface area contributed by atoms with Crippen LogP contribution in [-0.2, 0) is 11.8 Å². The highest BCUT2D eigenvalue weighted by Gasteiger charge is 2.24. The molecule has 1 aromatic carbocycles. The van der Waals surface area contributed by atoms with Crippen LogP contribution in [0.1, 0.15) is 21.7 Å². The third-order valence-corrected chi connectivity index (χ3v) is 3.36. The summed E-state index contributed by atoms with van der Waals surface area (Å²) < 4.78 is 15.1. The average molecular weight is 310 g/mol. The largest absolute Gasteiger partial charge is 0.317 e. The lowest BCUT2D eigenvalue weighted by molar-refractivity contribution is -0.112. The number of benzene rings is 1. The van der Waals surface area contributed by atoms with Gasteiger partial charge in [0, 0.05) is 17.8 Å². The fourth-order valence-corrected chi connectivity index (χ4v) is 2.14. The van der Waals surface area contributed by atoms with Crippen LogP contribution < -0.4 is 5.32 Å². The van der Waals surface area contributed by atoms with E-state index in [-0.39, 0.29) is 16.3 Å². The van der Waals surface area contributed by atoms with E-state index in [1.165, 1.54) is 16.8 Å². The van der Waals surface area contributed by atoms with Crippen LogP contribution in [0.4, 0.5) is 10.1 Å². The first-order valence-electron chi connectivity index (χ1n) is 6.12. The monoisotopic (exact) mass is 309 g/mol. The van der Waals surface area contributed by atoms with Crippen molar-refractivity contribution < 1.29 is 14.0 Å². The number of nitrogens with one attached hydrogen (secondary N) is 1. The number of hydrogen-bond donors (Lipinski definition) is 1. The van der Waals surface area contributed by atoms with Crippen molar-refractivity contribution in [1.82, 2.24) is 9.78 Å². The molecule has 1 amide bonds. The summed E-state index contributed by atoms with van der Waals surface area (Å²) in [4.78, 5) is 24.1. The molecule has 1 heterocycles. The number of hydrogen-bond acceptors (Lipinski definition) is 3. The first-order valence-corrected chi connectivity index (χ1v) is 6.50. The first kappa shape index (κ1) is 15.2. The number of nitrogens with zero attached hydrogens (tertiary/aromatic N) is 2. The third kappa shape index (κ3) is 2.95. The summed E-state index contributed by atoms with van der Waals surface area (Å²) in [5.41, 5.74) is 1.15. The number of anilines is 1. The zero-order valence-electron chi connectivity index (χ0n) is 11.7. The second-order valence-electron chi connectivity index (χ2n) is 4.58. The molecule has 7 heteroatoms. The minimum absolute atomic E-state index is 0.100. The van der Waals surface area contributed by atoms with Gasteiger partial charge in [-0.25, -0.2) is 4.39 Å². The number of carbonyl (C=O) groups is 2. The summed E-state index contributed by atoms with van der Waals surface area (Å²) in [5.74, 6) is -2.38. The van der Waals surface area contributed by atoms with E-state index < -0.39 is 17.5 Å². The Balaban J connectivity index is 2.26. The molecule has 0 spiro atoms. The van der Waals surface area contributed by atoms with Crippen LogP contribution in [-0.4, -0.2) is 21.5 Å². The van der Waals surface area contributed by atoms with Crippen molar-refractivity contribution in [1.29, 1.82) is 0 Å². The van der Waals surface area contributed by atoms with Crippen LogP contribution >= 0.6 is 11.6 Å². The van der Waals surface area contributed by atoms with Crippen molar-refractivity contribution >= 4 is 29.0 Å². The Labute approximate surface area is 125 Å². The maximum Gasteiger partial charge on any atom is 0.296 e. The fraction of sp³-hybridized carbons (Fsp3) is 0.214. The molecule has 0 saturated carbocycles. The summed E-state index contributed by atoms with van der Waals surface area (Å²) in [7, 11) is 1.68. The molecule has 0 aliphatic heterocycles. The zero-order chi connectivity index (χ0) is 15.7. The minimum atomic E-state index is -0.921. The lowest BCUT2D eigenvalue weighted by Crippen LogP contribution is -2.24. The van der Waals surface area contributed by atoms with E-state index in [4.69, 9.17) is 11.6 Å². The predicted octanol–water partition coefficient (Wildman–Crippen LogP) is 2.65. The van der Waals surface area contributed by atoms with Gasteiger partial charge in [0.1, 0.15) is 5.82 Å². The van der Waals surface area contributed by atoms with Gasteiger partial charge in [-0.15, -0.1) is 0 Å². The summed E-state index contributed by atoms with van der Waals surface area (Å²) in [6.45, 7) is 3.32. The Morgan fingerprint density at radius 2 is 2.00 bits per heavy atom. The molecular formula is C14H13ClFN3O2. The van der Waals surface area contributed by atoms with E-state index in [1.54, 1.807) is 20.9 Å². The molecule has 0 aliphatic rings. The molecule has 0 saturated heterocycles. The van der Waals surface area contributed by atoms with Gasteiger partial charge < -0.3 is 5.32 Å². The molecule has 110 valence electrons. The Bertz CT molecular complexity index is 740. The summed E-state index contributed by atoms with van der Waals surface area (Å²) in [6.07, 6.45) is 0. The van der Waals surface area contributed by atoms with Crippen molar-refractivity contribution in [3.05, 3.63) is 46.0 Å². The first-order chi connectivity index (χ1) is 9.81. The predicted molar refractivity (Wildman–Crippen MR) is 77.1 cm³/mol. The number of Topliss-reactive ketones (excluding diaryl/α,β-unsaturated/α-hetero) is 1. The van der Waals surface area contributed by atoms with Gasteiger partial charge >= 0.3 is 0 Å². The lowest BCUT2D eigenvalue weighted by atomic mass is 10.1. The van der Waals surface area contributed by atoms with E-state index in [2.05, 4.69) is 10.4 Å². The van der Waals surface area contributed by atoms with Gasteiger partial charge in [-0.2, -0.15) is 5.10 Å². The van der Waals surface area contributed by atoms with E-state index in [0.29, 0.717) is 11.4 Å². The Hall–Kier alpha value is -2.21. The number of aromatic nitrogens is 2. The van der Waals surface area contributed by atoms with Gasteiger partial charge in [0.2, 0.25) is 0 Å². The number of halogens is 2. The maximum atomic E-state index is 13.6. The fourth-order valence-electron chi connectivity index (χ4n) is 1.99. The van der Waals surface area contributed by atoms with Crippen molar-refractivity contribution in [3.63, 3.8) is 0 Å². The van der Waals surface area contributed by atoms with Gasteiger partial charge in [-0.3, -0.25) is 14.3 Å². The molecule has 2 rings (SSSR count). The van der Waals surface area contributed by atoms with E-state index >= 15 is 0 Å². The van der Waals surface area contributed by atoms with Crippen LogP contribution in [0.3, 0.4) is 0 Å². The van der Waals surface area contributed by atoms with Crippen molar-refractivity contribution in [3.8, 4) is 0 Å². The molecule has 21 heavy (non-hydrogen) atoms. The van der Waals surface area contributed by atoms with Gasteiger partial charge in [0.25, 0.3) is 11.7 Å². The summed E-state index contributed by atoms with van der Waals surface area (Å²) in [6, 6.07) is 3.78. The minimum Gasteiger partial charge on any atom is -0.317 e. The van der Waals surface area contributed by atoms with Crippen molar-refractivity contribution in [2.45, 2.75) is 13.8 Å². The van der Waals surface area contributed by atoms with Gasteiger partial charge in [0.15, 0.2) is 0 Å². The smallest absolute Gasteiger partial charge is 0.296 e. The summed E-state index contributed by atoms with van der Waals surface area (Å²) in [5, 5.41) is 6.52. The van der Waals surface area contributed by atoms with Gasteiger partial charge in [-0.05, 0) is 32.0 Å². The molecule has 0 radical (unpaired) electrons. The Morgan fingerprint density at radius 1 is 1.33 bits per heavy atom. The molecule has 0 fully saturated rings. The van der Waals surface area contributed by atoms with Crippen LogP contribution in [0.25, 0.3) is 0 Å². The SMILES string of the molecule is Cc1nn(C)c(C)c1C(=O)C(=O)Nc1ccc(Cl)cc1F. The number of carbonyl (C=O) groups excluding carboxylic acids is 2. The van der Waals surface area contributed by atoms with Crippen LogP contribution in [0.2, 0.25) is 5.02 Å². The second kappa shape index (κ2) is 5.65. The average Bonchev–Trinajstić information content (AvgIpc) is 2.66. The number of aryl methyl sites for hydroxylation is 2. The molecule has 0 unspecified atom stereocenters. The topological polar surface area (TPSA) is 64.0 Å². The second-order valence-corrected chi connectivity index (χ2v) is 5.01. The normalized spacial score (nSPS) is 10.5. The molecule has 0 bridgehead atoms. The highest BCUT2D eigenvalue weighted by atomic mass is 35.5. The van der Waals surface area contributed by atoms with Crippen LogP contribution in [0.5, 0.6) is 0 Å². The van der Waals surface area contributed by atoms with Gasteiger partial charge in [0.05, 0.1) is 16.9 Å². The molecule has 0 atom stereocenters. The Morgan fingerprint density at radius 3 is 2.52 bits per heavy atom. The van der Waals surface area contributed by atoms with Crippen LogP contribution in [0.15, 0.2) is 18.2 Å². The highest BCUT2D eigenvalue weighted by Crippen LogP contribution is 2.20. The number of rotatable bonds is 3. The van der Waals surface area contributed by atoms with Crippen molar-refractivity contribution in [2.75, 3.05) is 5.32 Å². The molecule has 1 N–H and O–H groups in total. The van der Waals surface area contributed by atoms with E-state index in [1.807, 2.05) is 0 Å². The van der Waals surface area contributed by atoms with E-state index in [0.717, 1.165) is 6.07 Å². The molecule has 5 nitrogen and oxygen atoms in total. The Kier molecular flexibility index (Phi) is 4.09. The summed E-state index contributed by atoms with van der Waals surface area (Å²) >= 11 is 5.63. The highest BCUT2D eigenvalue weighted by molar-refractivity contribution is 6.47. The quantitative estimate of drug-likeness (QED) is 0.700. The van der Waals surface area contributed by atoms with E-state index in [9.17, 15) is 14.0 Å². The van der Waals surface area contributed by atoms with Gasteiger partial charge in [-0.1, -0.05) is 11.6 Å². The molecule has 2 aromatic rings. The molecular weight excluding hydrogens is 297 g/mol. The third-order valence-electron chi connectivity index (χ3n) is 3.12. The number of ketones is 1. The molecule has 1 aromatic heterocycles. The molecule has 0 aliphatic carbocycles. The lowest BCUT2D eigenvalue weighted by Gasteiger charge is -2.06. The van der Waals surface area contributed by atoms with Crippen LogP contribution in [0, 0.1) is 19.7 Å². The van der Waals surface area contributed by atoms with Crippen molar-refractivity contribution in [2.24, 2.45) is 7.05 Å².